The van der Waals surface area contributed by atoms with E-state index in [-0.39, 0.29) is 0 Å². The first-order chi connectivity index (χ1) is 15.4. The zero-order valence-electron chi connectivity index (χ0n) is 15.8. The molecule has 0 aliphatic carbocycles. The molecule has 0 heterocycles. The second kappa shape index (κ2) is 9.37. The SMILES string of the molecule is CCO[Si](Cl)(c1c(F)c(F)c(C(F)=C(F)F)c(F)c1F)c1c(F)c(F)c(C(F)(F)F)c(F)c1F. The van der Waals surface area contributed by atoms with Gasteiger partial charge in [-0.1, -0.05) is 0 Å². The average molecular weight is 555 g/mol. The third-order valence-electron chi connectivity index (χ3n) is 4.18. The van der Waals surface area contributed by atoms with Crippen LogP contribution in [-0.4, -0.2) is 14.2 Å². The van der Waals surface area contributed by atoms with Crippen molar-refractivity contribution in [3.63, 3.8) is 0 Å². The standard InChI is InChI=1S/C17H5ClF14OSi/c1-2-33-34(18,15-12(26)8(22)4(17(30,31)32)9(23)13(15)27)14-10(24)5(19)3(6(20)11(14)25)7(21)16(28)29/h2H2,1H3. The van der Waals surface area contributed by atoms with Crippen molar-refractivity contribution >= 4 is 34.9 Å². The van der Waals surface area contributed by atoms with E-state index in [0.717, 1.165) is 6.92 Å². The fraction of sp³-hybridized carbons (Fsp3) is 0.176. The first kappa shape index (κ1) is 27.9. The summed E-state index contributed by atoms with van der Waals surface area (Å²) in [6.07, 6.45) is -9.49. The smallest absolute Gasteiger partial charge is 0.397 e. The molecule has 0 spiro atoms. The summed E-state index contributed by atoms with van der Waals surface area (Å²) in [7, 11) is -6.15. The van der Waals surface area contributed by atoms with E-state index >= 15 is 0 Å². The van der Waals surface area contributed by atoms with Crippen molar-refractivity contribution in [1.29, 1.82) is 0 Å². The Hall–Kier alpha value is -2.33. The molecule has 2 aromatic rings. The molecule has 1 atom stereocenters. The normalized spacial score (nSPS) is 13.8. The fourth-order valence-corrected chi connectivity index (χ4v) is 6.66. The van der Waals surface area contributed by atoms with Gasteiger partial charge in [0.2, 0.25) is 5.83 Å². The molecule has 17 heteroatoms. The molecule has 0 saturated carbocycles. The second-order valence-corrected chi connectivity index (χ2v) is 10.2. The van der Waals surface area contributed by atoms with E-state index in [0.29, 0.717) is 0 Å². The molecule has 0 aliphatic rings. The maximum atomic E-state index is 14.6. The Balaban J connectivity index is 3.10. The summed E-state index contributed by atoms with van der Waals surface area (Å²) >= 11 is 5.72. The van der Waals surface area contributed by atoms with Crippen molar-refractivity contribution < 1.29 is 65.9 Å². The minimum Gasteiger partial charge on any atom is -0.397 e. The number of hydrogen-bond acceptors (Lipinski definition) is 1. The average Bonchev–Trinajstić information content (AvgIpc) is 2.70. The first-order valence-corrected chi connectivity index (χ1v) is 11.2. The molecule has 0 radical (unpaired) electrons. The van der Waals surface area contributed by atoms with E-state index in [2.05, 4.69) is 4.43 Å². The lowest BCUT2D eigenvalue weighted by Gasteiger charge is -2.28. The summed E-state index contributed by atoms with van der Waals surface area (Å²) in [5, 5.41) is -4.74. The van der Waals surface area contributed by atoms with Crippen LogP contribution in [0.3, 0.4) is 0 Å². The maximum Gasteiger partial charge on any atom is 0.422 e. The molecule has 0 N–H and O–H groups in total. The molecule has 0 amide bonds. The molecule has 1 nitrogen and oxygen atoms in total. The number of alkyl halides is 3. The van der Waals surface area contributed by atoms with Gasteiger partial charge in [-0.3, -0.25) is 0 Å². The molecular weight excluding hydrogens is 550 g/mol. The molecule has 188 valence electrons. The van der Waals surface area contributed by atoms with Gasteiger partial charge in [0.15, 0.2) is 46.5 Å². The van der Waals surface area contributed by atoms with Crippen LogP contribution in [-0.2, 0) is 10.6 Å². The maximum absolute atomic E-state index is 14.6. The van der Waals surface area contributed by atoms with E-state index in [1.807, 2.05) is 0 Å². The summed E-state index contributed by atoms with van der Waals surface area (Å²) < 4.78 is 196. The van der Waals surface area contributed by atoms with Gasteiger partial charge >= 0.3 is 19.9 Å². The van der Waals surface area contributed by atoms with Gasteiger partial charge in [0.25, 0.3) is 0 Å². The van der Waals surface area contributed by atoms with Crippen molar-refractivity contribution in [2.45, 2.75) is 13.1 Å². The van der Waals surface area contributed by atoms with Gasteiger partial charge in [-0.2, -0.15) is 22.0 Å². The summed E-state index contributed by atoms with van der Waals surface area (Å²) in [6.45, 7) is -0.107. The van der Waals surface area contributed by atoms with E-state index in [1.54, 1.807) is 0 Å². The Morgan fingerprint density at radius 3 is 1.35 bits per heavy atom. The van der Waals surface area contributed by atoms with Crippen LogP contribution >= 0.6 is 11.1 Å². The highest BCUT2D eigenvalue weighted by molar-refractivity contribution is 7.30. The van der Waals surface area contributed by atoms with E-state index in [9.17, 15) is 61.5 Å². The number of halogens is 15. The van der Waals surface area contributed by atoms with Crippen LogP contribution in [0.2, 0.25) is 0 Å². The highest BCUT2D eigenvalue weighted by atomic mass is 35.6. The van der Waals surface area contributed by atoms with Crippen LogP contribution < -0.4 is 10.4 Å². The van der Waals surface area contributed by atoms with Gasteiger partial charge < -0.3 is 4.43 Å². The Morgan fingerprint density at radius 1 is 0.706 bits per heavy atom. The molecule has 0 bridgehead atoms. The minimum atomic E-state index is -6.15. The van der Waals surface area contributed by atoms with Gasteiger partial charge in [0, 0.05) is 6.61 Å². The van der Waals surface area contributed by atoms with E-state index in [4.69, 9.17) is 11.1 Å². The third kappa shape index (κ3) is 4.26. The molecule has 0 aliphatic heterocycles. The van der Waals surface area contributed by atoms with Gasteiger partial charge in [-0.25, -0.2) is 39.5 Å². The zero-order chi connectivity index (χ0) is 26.5. The van der Waals surface area contributed by atoms with Crippen LogP contribution in [0, 0.1) is 46.5 Å². The monoisotopic (exact) mass is 554 g/mol. The van der Waals surface area contributed by atoms with Crippen LogP contribution in [0.1, 0.15) is 18.1 Å². The lowest BCUT2D eigenvalue weighted by atomic mass is 10.1. The highest BCUT2D eigenvalue weighted by Gasteiger charge is 2.53. The summed E-state index contributed by atoms with van der Waals surface area (Å²) in [5.41, 5.74) is -5.73. The Labute approximate surface area is 185 Å². The number of hydrogen-bond donors (Lipinski definition) is 0. The molecular formula is C17H5ClF14OSi. The van der Waals surface area contributed by atoms with Gasteiger partial charge in [-0.05, 0) is 6.92 Å². The fourth-order valence-electron chi connectivity index (χ4n) is 2.83. The summed E-state index contributed by atoms with van der Waals surface area (Å²) in [6, 6.07) is 0. The van der Waals surface area contributed by atoms with Crippen molar-refractivity contribution in [3.8, 4) is 0 Å². The van der Waals surface area contributed by atoms with Gasteiger partial charge in [-0.15, -0.1) is 11.1 Å². The van der Waals surface area contributed by atoms with Crippen molar-refractivity contribution in [2.24, 2.45) is 0 Å². The van der Waals surface area contributed by atoms with Crippen LogP contribution in [0.4, 0.5) is 61.5 Å². The molecule has 0 saturated heterocycles. The predicted octanol–water partition coefficient (Wildman–Crippen LogP) is 6.18. The molecule has 0 aromatic heterocycles. The van der Waals surface area contributed by atoms with Gasteiger partial charge in [0.05, 0.1) is 15.9 Å². The summed E-state index contributed by atoms with van der Waals surface area (Å²) in [5.74, 6) is -27.0. The van der Waals surface area contributed by atoms with Crippen molar-refractivity contribution in [2.75, 3.05) is 6.61 Å². The number of rotatable bonds is 5. The highest BCUT2D eigenvalue weighted by Crippen LogP contribution is 2.37. The second-order valence-electron chi connectivity index (χ2n) is 6.11. The molecule has 34 heavy (non-hydrogen) atoms. The Bertz CT molecular complexity index is 1130. The Kier molecular flexibility index (Phi) is 7.69. The molecule has 1 unspecified atom stereocenters. The third-order valence-corrected chi connectivity index (χ3v) is 8.49. The predicted molar refractivity (Wildman–Crippen MR) is 90.3 cm³/mol. The Morgan fingerprint density at radius 2 is 1.06 bits per heavy atom. The van der Waals surface area contributed by atoms with Crippen LogP contribution in [0.5, 0.6) is 0 Å². The molecule has 2 rings (SSSR count). The minimum absolute atomic E-state index is 0.870. The van der Waals surface area contributed by atoms with Crippen molar-refractivity contribution in [3.05, 3.63) is 63.7 Å². The van der Waals surface area contributed by atoms with Gasteiger partial charge in [0.1, 0.15) is 5.56 Å². The van der Waals surface area contributed by atoms with E-state index in [1.165, 1.54) is 0 Å². The largest absolute Gasteiger partial charge is 0.422 e. The molecule has 0 fully saturated rings. The van der Waals surface area contributed by atoms with Crippen molar-refractivity contribution in [1.82, 2.24) is 0 Å². The van der Waals surface area contributed by atoms with E-state index < -0.39 is 100 Å². The topological polar surface area (TPSA) is 9.23 Å². The summed E-state index contributed by atoms with van der Waals surface area (Å²) in [4.78, 5) is 0. The lowest BCUT2D eigenvalue weighted by molar-refractivity contribution is -0.143. The number of benzene rings is 2. The first-order valence-electron chi connectivity index (χ1n) is 8.28. The van der Waals surface area contributed by atoms with Crippen LogP contribution in [0.25, 0.3) is 5.83 Å². The van der Waals surface area contributed by atoms with Crippen LogP contribution in [0.15, 0.2) is 6.08 Å². The zero-order valence-corrected chi connectivity index (χ0v) is 17.5. The molecule has 2 aromatic carbocycles. The quantitative estimate of drug-likeness (QED) is 0.186. The lowest BCUT2D eigenvalue weighted by Crippen LogP contribution is -2.62.